The maximum absolute atomic E-state index is 11.5. The van der Waals surface area contributed by atoms with E-state index in [4.69, 9.17) is 9.84 Å². The molecule has 0 aliphatic carbocycles. The van der Waals surface area contributed by atoms with Gasteiger partial charge in [0, 0.05) is 19.0 Å². The third kappa shape index (κ3) is 7.24. The Labute approximate surface area is 107 Å². The SMILES string of the molecule is O=C(O)COCCNC(=O)CCC1CCCCN1. The minimum atomic E-state index is -0.996. The number of rotatable bonds is 8. The highest BCUT2D eigenvalue weighted by Gasteiger charge is 2.13. The molecule has 0 radical (unpaired) electrons. The lowest BCUT2D eigenvalue weighted by molar-refractivity contribution is -0.142. The standard InChI is InChI=1S/C12H22N2O4/c15-11(14-7-8-18-9-12(16)17)5-4-10-3-1-2-6-13-10/h10,13H,1-9H2,(H,14,15)(H,16,17). The first-order valence-electron chi connectivity index (χ1n) is 6.48. The van der Waals surface area contributed by atoms with Gasteiger partial charge in [-0.1, -0.05) is 6.42 Å². The first-order valence-corrected chi connectivity index (χ1v) is 6.48. The van der Waals surface area contributed by atoms with Crippen molar-refractivity contribution in [1.82, 2.24) is 10.6 Å². The number of carbonyl (C=O) groups excluding carboxylic acids is 1. The van der Waals surface area contributed by atoms with E-state index in [-0.39, 0.29) is 19.1 Å². The number of hydrogen-bond donors (Lipinski definition) is 3. The topological polar surface area (TPSA) is 87.7 Å². The number of carbonyl (C=O) groups is 2. The Morgan fingerprint density at radius 1 is 1.39 bits per heavy atom. The van der Waals surface area contributed by atoms with Crippen molar-refractivity contribution in [2.75, 3.05) is 26.3 Å². The second kappa shape index (κ2) is 8.88. The van der Waals surface area contributed by atoms with Crippen molar-refractivity contribution in [3.8, 4) is 0 Å². The third-order valence-corrected chi connectivity index (χ3v) is 2.93. The molecule has 6 nitrogen and oxygen atoms in total. The highest BCUT2D eigenvalue weighted by Crippen LogP contribution is 2.11. The van der Waals surface area contributed by atoms with Gasteiger partial charge in [-0.05, 0) is 25.8 Å². The average molecular weight is 258 g/mol. The monoisotopic (exact) mass is 258 g/mol. The van der Waals surface area contributed by atoms with E-state index in [1.165, 1.54) is 12.8 Å². The summed E-state index contributed by atoms with van der Waals surface area (Å²) >= 11 is 0. The Balaban J connectivity index is 1.94. The number of piperidine rings is 1. The summed E-state index contributed by atoms with van der Waals surface area (Å²) in [4.78, 5) is 21.6. The molecule has 0 saturated carbocycles. The number of carboxylic acids is 1. The van der Waals surface area contributed by atoms with Crippen LogP contribution < -0.4 is 10.6 Å². The largest absolute Gasteiger partial charge is 0.480 e. The quantitative estimate of drug-likeness (QED) is 0.538. The van der Waals surface area contributed by atoms with E-state index in [1.54, 1.807) is 0 Å². The number of nitrogens with one attached hydrogen (secondary N) is 2. The highest BCUT2D eigenvalue weighted by atomic mass is 16.5. The number of amides is 1. The first-order chi connectivity index (χ1) is 8.68. The van der Waals surface area contributed by atoms with E-state index >= 15 is 0 Å². The zero-order valence-electron chi connectivity index (χ0n) is 10.6. The van der Waals surface area contributed by atoms with Crippen LogP contribution in [0.1, 0.15) is 32.1 Å². The zero-order chi connectivity index (χ0) is 13.2. The summed E-state index contributed by atoms with van der Waals surface area (Å²) in [5.74, 6) is -0.994. The summed E-state index contributed by atoms with van der Waals surface area (Å²) in [7, 11) is 0. The summed E-state index contributed by atoms with van der Waals surface area (Å²) in [5, 5.41) is 14.4. The molecule has 1 unspecified atom stereocenters. The van der Waals surface area contributed by atoms with Crippen molar-refractivity contribution in [3.63, 3.8) is 0 Å². The number of carboxylic acid groups (broad SMARTS) is 1. The van der Waals surface area contributed by atoms with Gasteiger partial charge >= 0.3 is 5.97 Å². The molecule has 1 saturated heterocycles. The first kappa shape index (κ1) is 14.9. The van der Waals surface area contributed by atoms with Gasteiger partial charge in [-0.25, -0.2) is 4.79 Å². The normalized spacial score (nSPS) is 19.4. The van der Waals surface area contributed by atoms with E-state index in [9.17, 15) is 9.59 Å². The predicted octanol–water partition coefficient (Wildman–Crippen LogP) is 0.126. The van der Waals surface area contributed by atoms with Gasteiger partial charge in [0.25, 0.3) is 0 Å². The second-order valence-electron chi connectivity index (χ2n) is 4.48. The van der Waals surface area contributed by atoms with Crippen LogP contribution in [0.4, 0.5) is 0 Å². The van der Waals surface area contributed by atoms with E-state index < -0.39 is 5.97 Å². The molecule has 1 fully saturated rings. The molecule has 0 spiro atoms. The average Bonchev–Trinajstić information content (AvgIpc) is 2.37. The second-order valence-corrected chi connectivity index (χ2v) is 4.48. The van der Waals surface area contributed by atoms with Crippen LogP contribution in [0.2, 0.25) is 0 Å². The lowest BCUT2D eigenvalue weighted by Crippen LogP contribution is -2.35. The maximum atomic E-state index is 11.5. The Kier molecular flexibility index (Phi) is 7.36. The Hall–Kier alpha value is -1.14. The van der Waals surface area contributed by atoms with Crippen LogP contribution in [-0.2, 0) is 14.3 Å². The van der Waals surface area contributed by atoms with Gasteiger partial charge in [-0.15, -0.1) is 0 Å². The van der Waals surface area contributed by atoms with Crippen molar-refractivity contribution >= 4 is 11.9 Å². The van der Waals surface area contributed by atoms with Gasteiger partial charge < -0.3 is 20.5 Å². The van der Waals surface area contributed by atoms with Gasteiger partial charge in [-0.2, -0.15) is 0 Å². The molecule has 18 heavy (non-hydrogen) atoms. The van der Waals surface area contributed by atoms with Crippen molar-refractivity contribution in [1.29, 1.82) is 0 Å². The molecule has 1 amide bonds. The summed E-state index contributed by atoms with van der Waals surface area (Å²) < 4.78 is 4.81. The maximum Gasteiger partial charge on any atom is 0.329 e. The van der Waals surface area contributed by atoms with Crippen LogP contribution in [0.3, 0.4) is 0 Å². The van der Waals surface area contributed by atoms with Crippen LogP contribution in [0, 0.1) is 0 Å². The third-order valence-electron chi connectivity index (χ3n) is 2.93. The molecular formula is C12H22N2O4. The molecule has 0 aromatic rings. The lowest BCUT2D eigenvalue weighted by atomic mass is 10.0. The molecule has 3 N–H and O–H groups in total. The minimum absolute atomic E-state index is 0.00120. The summed E-state index contributed by atoms with van der Waals surface area (Å²) in [5.41, 5.74) is 0. The molecule has 1 aliphatic heterocycles. The Morgan fingerprint density at radius 2 is 2.22 bits per heavy atom. The van der Waals surface area contributed by atoms with E-state index in [0.717, 1.165) is 19.4 Å². The van der Waals surface area contributed by atoms with Gasteiger partial charge in [0.2, 0.25) is 5.91 Å². The number of ether oxygens (including phenoxy) is 1. The van der Waals surface area contributed by atoms with Crippen LogP contribution in [-0.4, -0.2) is 49.3 Å². The van der Waals surface area contributed by atoms with Gasteiger partial charge in [0.05, 0.1) is 6.61 Å². The predicted molar refractivity (Wildman–Crippen MR) is 66.3 cm³/mol. The number of aliphatic carboxylic acids is 1. The van der Waals surface area contributed by atoms with Crippen LogP contribution in [0.5, 0.6) is 0 Å². The molecule has 104 valence electrons. The Morgan fingerprint density at radius 3 is 2.89 bits per heavy atom. The molecule has 0 aromatic heterocycles. The van der Waals surface area contributed by atoms with E-state index in [1.807, 2.05) is 0 Å². The van der Waals surface area contributed by atoms with E-state index in [0.29, 0.717) is 19.0 Å². The summed E-state index contributed by atoms with van der Waals surface area (Å²) in [6, 6.07) is 0.466. The van der Waals surface area contributed by atoms with Gasteiger partial charge in [0.1, 0.15) is 6.61 Å². The molecule has 0 bridgehead atoms. The molecule has 1 heterocycles. The zero-order valence-corrected chi connectivity index (χ0v) is 10.6. The van der Waals surface area contributed by atoms with E-state index in [2.05, 4.69) is 10.6 Å². The van der Waals surface area contributed by atoms with Crippen LogP contribution in [0.15, 0.2) is 0 Å². The fourth-order valence-electron chi connectivity index (χ4n) is 1.99. The smallest absolute Gasteiger partial charge is 0.329 e. The van der Waals surface area contributed by atoms with Gasteiger partial charge in [0.15, 0.2) is 0 Å². The van der Waals surface area contributed by atoms with Crippen molar-refractivity contribution in [2.24, 2.45) is 0 Å². The van der Waals surface area contributed by atoms with Crippen molar-refractivity contribution in [2.45, 2.75) is 38.1 Å². The molecule has 1 atom stereocenters. The fourth-order valence-corrected chi connectivity index (χ4v) is 1.99. The number of hydrogen-bond acceptors (Lipinski definition) is 4. The molecular weight excluding hydrogens is 236 g/mol. The molecule has 1 rings (SSSR count). The van der Waals surface area contributed by atoms with Gasteiger partial charge in [-0.3, -0.25) is 4.79 Å². The van der Waals surface area contributed by atoms with Crippen molar-refractivity contribution in [3.05, 3.63) is 0 Å². The molecule has 0 aromatic carbocycles. The molecule has 6 heteroatoms. The van der Waals surface area contributed by atoms with Crippen LogP contribution in [0.25, 0.3) is 0 Å². The fraction of sp³-hybridized carbons (Fsp3) is 0.833. The summed E-state index contributed by atoms with van der Waals surface area (Å²) in [6.45, 7) is 1.33. The molecule has 1 aliphatic rings. The summed E-state index contributed by atoms with van der Waals surface area (Å²) in [6.07, 6.45) is 4.99. The lowest BCUT2D eigenvalue weighted by Gasteiger charge is -2.23. The van der Waals surface area contributed by atoms with Crippen molar-refractivity contribution < 1.29 is 19.4 Å². The highest BCUT2D eigenvalue weighted by molar-refractivity contribution is 5.75. The van der Waals surface area contributed by atoms with Crippen LogP contribution >= 0.6 is 0 Å². The Bertz CT molecular complexity index is 265. The minimum Gasteiger partial charge on any atom is -0.480 e.